The van der Waals surface area contributed by atoms with Crippen molar-refractivity contribution >= 4 is 39.8 Å². The van der Waals surface area contributed by atoms with Gasteiger partial charge in [-0.15, -0.1) is 6.58 Å². The van der Waals surface area contributed by atoms with Crippen LogP contribution >= 0.6 is 23.6 Å². The van der Waals surface area contributed by atoms with Crippen LogP contribution < -0.4 is 10.9 Å². The Kier molecular flexibility index (Phi) is 6.24. The summed E-state index contributed by atoms with van der Waals surface area (Å²) in [6.07, 6.45) is 7.74. The van der Waals surface area contributed by atoms with E-state index in [1.807, 2.05) is 18.2 Å². The number of rotatable bonds is 7. The summed E-state index contributed by atoms with van der Waals surface area (Å²) >= 11 is 6.57. The molecule has 0 spiro atoms. The van der Waals surface area contributed by atoms with E-state index in [-0.39, 0.29) is 24.1 Å². The Balaban J connectivity index is 1.57. The lowest BCUT2D eigenvalue weighted by atomic mass is 9.91. The van der Waals surface area contributed by atoms with Gasteiger partial charge in [0.1, 0.15) is 17.6 Å². The van der Waals surface area contributed by atoms with Crippen molar-refractivity contribution in [3.8, 4) is 0 Å². The van der Waals surface area contributed by atoms with Gasteiger partial charge >= 0.3 is 0 Å². The number of hydrogen-bond donors (Lipinski definition) is 1. The molecule has 2 aromatic heterocycles. The van der Waals surface area contributed by atoms with Crippen molar-refractivity contribution in [2.75, 3.05) is 0 Å². The fourth-order valence-electron chi connectivity index (χ4n) is 4.17. The van der Waals surface area contributed by atoms with Crippen LogP contribution in [-0.2, 0) is 17.9 Å². The first kappa shape index (κ1) is 20.7. The first-order valence-corrected chi connectivity index (χ1v) is 11.3. The van der Waals surface area contributed by atoms with Gasteiger partial charge in [-0.3, -0.25) is 14.2 Å². The van der Waals surface area contributed by atoms with Crippen molar-refractivity contribution in [2.24, 2.45) is 5.92 Å². The summed E-state index contributed by atoms with van der Waals surface area (Å²) in [7, 11) is 0. The molecule has 1 fully saturated rings. The molecule has 1 N–H and O–H groups in total. The molecule has 30 heavy (non-hydrogen) atoms. The molecular formula is C22H24N4O2S2. The molecule has 0 bridgehead atoms. The molecule has 8 heteroatoms. The smallest absolute Gasteiger partial charge is 0.273 e. The zero-order valence-corrected chi connectivity index (χ0v) is 18.3. The predicted molar refractivity (Wildman–Crippen MR) is 122 cm³/mol. The van der Waals surface area contributed by atoms with Gasteiger partial charge in [0.25, 0.3) is 5.56 Å². The highest BCUT2D eigenvalue weighted by Gasteiger charge is 2.27. The average Bonchev–Trinajstić information content (AvgIpc) is 3.39. The maximum atomic E-state index is 12.9. The molecule has 2 heterocycles. The van der Waals surface area contributed by atoms with Gasteiger partial charge in [0.05, 0.1) is 6.04 Å². The van der Waals surface area contributed by atoms with Gasteiger partial charge in [-0.1, -0.05) is 60.6 Å². The summed E-state index contributed by atoms with van der Waals surface area (Å²) in [6, 6.07) is 10.0. The molecule has 0 radical (unpaired) electrons. The molecular weight excluding hydrogens is 416 g/mol. The largest absolute Gasteiger partial charge is 0.347 e. The molecule has 1 amide bonds. The predicted octanol–water partition coefficient (Wildman–Crippen LogP) is 4.22. The lowest BCUT2D eigenvalue weighted by molar-refractivity contribution is -0.122. The van der Waals surface area contributed by atoms with E-state index in [4.69, 9.17) is 12.2 Å². The first-order valence-electron chi connectivity index (χ1n) is 10.1. The van der Waals surface area contributed by atoms with Gasteiger partial charge in [-0.2, -0.15) is 0 Å². The van der Waals surface area contributed by atoms with E-state index in [9.17, 15) is 9.59 Å². The number of nitrogens with zero attached hydrogens (tertiary/aromatic N) is 3. The van der Waals surface area contributed by atoms with E-state index < -0.39 is 0 Å². The molecule has 1 atom stereocenters. The molecule has 0 aliphatic heterocycles. The third-order valence-corrected chi connectivity index (χ3v) is 7.04. The number of fused-ring (bicyclic) bond motifs is 1. The summed E-state index contributed by atoms with van der Waals surface area (Å²) in [6.45, 7) is 4.15. The highest BCUT2D eigenvalue weighted by molar-refractivity contribution is 7.73. The number of aromatic nitrogens is 3. The van der Waals surface area contributed by atoms with Crippen molar-refractivity contribution in [1.82, 2.24) is 19.4 Å². The van der Waals surface area contributed by atoms with Crippen LogP contribution in [0.3, 0.4) is 0 Å². The first-order chi connectivity index (χ1) is 14.6. The Bertz CT molecular complexity index is 1170. The van der Waals surface area contributed by atoms with Gasteiger partial charge in [0.2, 0.25) is 5.91 Å². The molecule has 0 saturated heterocycles. The molecule has 3 aromatic rings. The maximum Gasteiger partial charge on any atom is 0.273 e. The maximum absolute atomic E-state index is 12.9. The van der Waals surface area contributed by atoms with Crippen molar-refractivity contribution in [2.45, 2.75) is 44.8 Å². The number of nitrogens with one attached hydrogen (secondary N) is 1. The quantitative estimate of drug-likeness (QED) is 0.441. The third-order valence-electron chi connectivity index (χ3n) is 5.62. The molecule has 4 rings (SSSR count). The number of carbonyl (C=O) groups excluding carboxylic acids is 1. The van der Waals surface area contributed by atoms with E-state index in [1.54, 1.807) is 10.6 Å². The minimum atomic E-state index is -0.244. The zero-order chi connectivity index (χ0) is 21.1. The molecule has 156 valence electrons. The Morgan fingerprint density at radius 3 is 2.77 bits per heavy atom. The highest BCUT2D eigenvalue weighted by atomic mass is 32.1. The van der Waals surface area contributed by atoms with Crippen LogP contribution in [0.15, 0.2) is 54.1 Å². The molecule has 1 saturated carbocycles. The summed E-state index contributed by atoms with van der Waals surface area (Å²) in [5.74, 6) is 0.236. The van der Waals surface area contributed by atoms with Crippen molar-refractivity contribution < 1.29 is 4.79 Å². The molecule has 1 unspecified atom stereocenters. The van der Waals surface area contributed by atoms with Gasteiger partial charge in [0, 0.05) is 6.54 Å². The second-order valence-corrected chi connectivity index (χ2v) is 9.24. The van der Waals surface area contributed by atoms with Gasteiger partial charge in [-0.05, 0) is 36.5 Å². The second-order valence-electron chi connectivity index (χ2n) is 7.60. The number of benzene rings is 1. The standard InChI is InChI=1S/C22H24N4O2S2/c1-2-12-26-20-19(30-22(26)29)21(28)25(14-23-20)13-17(27)24-18(16-10-6-7-11-16)15-8-4-3-5-9-15/h2-5,8-9,14,16,18H,1,6-7,10-13H2,(H,24,27). The SMILES string of the molecule is C=CCn1c(=S)sc2c(=O)n(CC(=O)NC(c3ccccc3)C3CCCC3)cnc21. The molecule has 1 aliphatic rings. The average molecular weight is 441 g/mol. The Hall–Kier alpha value is -2.58. The number of carbonyl (C=O) groups is 1. The minimum absolute atomic E-state index is 0.0377. The van der Waals surface area contributed by atoms with Gasteiger partial charge in [-0.25, -0.2) is 4.98 Å². The van der Waals surface area contributed by atoms with Crippen LogP contribution in [0.2, 0.25) is 0 Å². The number of allylic oxidation sites excluding steroid dienone is 1. The molecule has 1 aromatic carbocycles. The Morgan fingerprint density at radius 1 is 1.33 bits per heavy atom. The number of amides is 1. The van der Waals surface area contributed by atoms with E-state index >= 15 is 0 Å². The fourth-order valence-corrected chi connectivity index (χ4v) is 5.49. The zero-order valence-electron chi connectivity index (χ0n) is 16.6. The lowest BCUT2D eigenvalue weighted by Gasteiger charge is -2.25. The second kappa shape index (κ2) is 9.06. The van der Waals surface area contributed by atoms with E-state index in [0.717, 1.165) is 18.4 Å². The van der Waals surface area contributed by atoms with Crippen LogP contribution in [0.5, 0.6) is 0 Å². The van der Waals surface area contributed by atoms with E-state index in [0.29, 0.717) is 26.8 Å². The topological polar surface area (TPSA) is 68.9 Å². The van der Waals surface area contributed by atoms with Crippen molar-refractivity contribution in [1.29, 1.82) is 0 Å². The van der Waals surface area contributed by atoms with E-state index in [2.05, 4.69) is 29.0 Å². The van der Waals surface area contributed by atoms with Crippen LogP contribution in [0.25, 0.3) is 10.3 Å². The van der Waals surface area contributed by atoms with Gasteiger partial charge in [0.15, 0.2) is 9.60 Å². The molecule has 1 aliphatic carbocycles. The van der Waals surface area contributed by atoms with Crippen molar-refractivity contribution in [3.05, 3.63) is 69.2 Å². The van der Waals surface area contributed by atoms with Crippen LogP contribution in [0, 0.1) is 9.87 Å². The van der Waals surface area contributed by atoms with Crippen molar-refractivity contribution in [3.63, 3.8) is 0 Å². The Labute approximate surface area is 183 Å². The van der Waals surface area contributed by atoms with Crippen LogP contribution in [0.1, 0.15) is 37.3 Å². The number of hydrogen-bond acceptors (Lipinski definition) is 5. The fraction of sp³-hybridized carbons (Fsp3) is 0.364. The Morgan fingerprint density at radius 2 is 2.07 bits per heavy atom. The minimum Gasteiger partial charge on any atom is -0.347 e. The van der Waals surface area contributed by atoms with Gasteiger partial charge < -0.3 is 9.88 Å². The monoisotopic (exact) mass is 440 g/mol. The normalized spacial score (nSPS) is 15.3. The van der Waals surface area contributed by atoms with Crippen LogP contribution in [-0.4, -0.2) is 20.0 Å². The summed E-state index contributed by atoms with van der Waals surface area (Å²) < 4.78 is 4.17. The highest BCUT2D eigenvalue weighted by Crippen LogP contribution is 2.35. The lowest BCUT2D eigenvalue weighted by Crippen LogP contribution is -2.37. The van der Waals surface area contributed by atoms with E-state index in [1.165, 1.54) is 35.1 Å². The number of thiazole rings is 1. The summed E-state index contributed by atoms with van der Waals surface area (Å²) in [5.41, 5.74) is 1.41. The summed E-state index contributed by atoms with van der Waals surface area (Å²) in [5, 5.41) is 3.17. The molecule has 6 nitrogen and oxygen atoms in total. The third kappa shape index (κ3) is 4.15. The van der Waals surface area contributed by atoms with Crippen LogP contribution in [0.4, 0.5) is 0 Å². The summed E-state index contributed by atoms with van der Waals surface area (Å²) in [4.78, 5) is 30.2.